The largest absolute Gasteiger partial charge is 0.444 e. The number of carbonyl (C=O) groups excluding carboxylic acids is 3. The second-order valence-electron chi connectivity index (χ2n) is 10.7. The summed E-state index contributed by atoms with van der Waals surface area (Å²) in [6, 6.07) is 5.26. The highest BCUT2D eigenvalue weighted by Gasteiger charge is 2.34. The van der Waals surface area contributed by atoms with Gasteiger partial charge < -0.3 is 15.4 Å². The number of rotatable bonds is 11. The Kier molecular flexibility index (Phi) is 9.93. The highest BCUT2D eigenvalue weighted by molar-refractivity contribution is 6.42. The van der Waals surface area contributed by atoms with Crippen molar-refractivity contribution >= 4 is 29.3 Å². The number of anilines is 1. The van der Waals surface area contributed by atoms with Crippen molar-refractivity contribution < 1.29 is 32.3 Å². The van der Waals surface area contributed by atoms with Crippen molar-refractivity contribution in [3.63, 3.8) is 0 Å². The molecule has 1 aromatic heterocycles. The molecule has 2 heterocycles. The minimum absolute atomic E-state index is 0.231. The topological polar surface area (TPSA) is 129 Å². The van der Waals surface area contributed by atoms with Crippen LogP contribution in [-0.2, 0) is 20.5 Å². The van der Waals surface area contributed by atoms with Gasteiger partial charge in [0.25, 0.3) is 5.91 Å². The van der Waals surface area contributed by atoms with E-state index in [1.54, 1.807) is 5.01 Å². The number of Topliss-reactive ketones (excluding diaryl/α,β-unsaturated/α-hetero) is 1. The summed E-state index contributed by atoms with van der Waals surface area (Å²) in [6.07, 6.45) is -2.34. The molecule has 0 radical (unpaired) electrons. The quantitative estimate of drug-likeness (QED) is 0.338. The van der Waals surface area contributed by atoms with Crippen molar-refractivity contribution in [1.29, 1.82) is 0 Å². The molecule has 1 aliphatic heterocycles. The Hall–Kier alpha value is -3.90. The van der Waals surface area contributed by atoms with E-state index in [-0.39, 0.29) is 18.8 Å². The number of amides is 2. The Morgan fingerprint density at radius 1 is 1.12 bits per heavy atom. The number of unbranched alkanes of at least 4 members (excludes halogenated alkanes) is 1. The number of ether oxygens (including phenoxy) is 1. The summed E-state index contributed by atoms with van der Waals surface area (Å²) in [7, 11) is 0. The van der Waals surface area contributed by atoms with E-state index in [1.807, 2.05) is 27.7 Å². The third-order valence-corrected chi connectivity index (χ3v) is 6.43. The molecular formula is C27H35F3N6O4. The number of aromatic amines is 1. The smallest absolute Gasteiger partial charge is 0.416 e. The molecule has 1 aliphatic rings. The number of alkyl halides is 3. The zero-order valence-electron chi connectivity index (χ0n) is 23.0. The minimum Gasteiger partial charge on any atom is -0.444 e. The molecule has 2 aromatic rings. The molecule has 0 unspecified atom stereocenters. The molecule has 0 spiro atoms. The van der Waals surface area contributed by atoms with Crippen LogP contribution in [0.15, 0.2) is 41.6 Å². The van der Waals surface area contributed by atoms with Gasteiger partial charge in [-0.2, -0.15) is 23.4 Å². The van der Waals surface area contributed by atoms with Crippen molar-refractivity contribution in [2.24, 2.45) is 10.5 Å². The Morgan fingerprint density at radius 2 is 1.82 bits per heavy atom. The molecule has 40 heavy (non-hydrogen) atoms. The first-order valence-electron chi connectivity index (χ1n) is 13.1. The molecule has 3 N–H and O–H groups in total. The number of H-pyrrole nitrogens is 1. The van der Waals surface area contributed by atoms with Crippen LogP contribution in [0, 0.1) is 5.41 Å². The lowest BCUT2D eigenvalue weighted by molar-refractivity contribution is -0.137. The van der Waals surface area contributed by atoms with Crippen molar-refractivity contribution in [1.82, 2.24) is 20.5 Å². The standard InChI is InChI=1S/C27H35F3N6O4/c1-5-6-7-20(23(37)24(38)33-22-12-14-31-34-22)32-25(39)40-21(26(2,3)4)16-36-15-13-19(35-36)17-8-10-18(11-9-17)27(28,29)30/h8-12,14,20-21H,5-7,13,15-16H2,1-4H3,(H,32,39)(H2,31,33,34,38)/t20-,21-/m0/s1. The van der Waals surface area contributed by atoms with E-state index < -0.39 is 47.1 Å². The van der Waals surface area contributed by atoms with E-state index in [0.29, 0.717) is 30.7 Å². The molecule has 0 aliphatic carbocycles. The highest BCUT2D eigenvalue weighted by Crippen LogP contribution is 2.30. The first-order valence-corrected chi connectivity index (χ1v) is 13.1. The molecule has 2 atom stereocenters. The van der Waals surface area contributed by atoms with E-state index in [4.69, 9.17) is 4.74 Å². The van der Waals surface area contributed by atoms with Gasteiger partial charge in [0.1, 0.15) is 18.0 Å². The fourth-order valence-corrected chi connectivity index (χ4v) is 4.02. The van der Waals surface area contributed by atoms with Gasteiger partial charge >= 0.3 is 12.3 Å². The summed E-state index contributed by atoms with van der Waals surface area (Å²) in [4.78, 5) is 38.2. The van der Waals surface area contributed by atoms with Gasteiger partial charge in [-0.05, 0) is 24.1 Å². The normalized spacial score (nSPS) is 15.3. The number of halogens is 3. The van der Waals surface area contributed by atoms with Crippen LogP contribution in [0.1, 0.15) is 64.5 Å². The number of hydrazone groups is 1. The Labute approximate surface area is 230 Å². The fourth-order valence-electron chi connectivity index (χ4n) is 4.02. The molecule has 218 valence electrons. The molecule has 0 saturated carbocycles. The fraction of sp³-hybridized carbons (Fsp3) is 0.519. The number of hydrogen-bond acceptors (Lipinski definition) is 7. The summed E-state index contributed by atoms with van der Waals surface area (Å²) in [5.41, 5.74) is -0.00912. The van der Waals surface area contributed by atoms with Crippen LogP contribution in [-0.4, -0.2) is 63.9 Å². The van der Waals surface area contributed by atoms with E-state index in [0.717, 1.165) is 18.6 Å². The minimum atomic E-state index is -4.41. The monoisotopic (exact) mass is 564 g/mol. The summed E-state index contributed by atoms with van der Waals surface area (Å²) >= 11 is 0. The highest BCUT2D eigenvalue weighted by atomic mass is 19.4. The SMILES string of the molecule is CCCC[C@H](NC(=O)O[C@@H](CN1CCC(c2ccc(C(F)(F)F)cc2)=N1)C(C)(C)C)C(=O)C(=O)Nc1ccn[nH]1. The molecule has 13 heteroatoms. The van der Waals surface area contributed by atoms with Crippen LogP contribution in [0.5, 0.6) is 0 Å². The Balaban J connectivity index is 1.65. The summed E-state index contributed by atoms with van der Waals surface area (Å²) < 4.78 is 44.4. The summed E-state index contributed by atoms with van der Waals surface area (Å²) in [5.74, 6) is -1.44. The number of benzene rings is 1. The molecule has 1 aromatic carbocycles. The lowest BCUT2D eigenvalue weighted by Gasteiger charge is -2.33. The Morgan fingerprint density at radius 3 is 2.40 bits per heavy atom. The first kappa shape index (κ1) is 30.6. The van der Waals surface area contributed by atoms with Gasteiger partial charge in [0.2, 0.25) is 5.78 Å². The third-order valence-electron chi connectivity index (χ3n) is 6.43. The van der Waals surface area contributed by atoms with Gasteiger partial charge in [0.15, 0.2) is 0 Å². The van der Waals surface area contributed by atoms with Gasteiger partial charge in [-0.3, -0.25) is 19.7 Å². The van der Waals surface area contributed by atoms with Gasteiger partial charge in [-0.1, -0.05) is 52.7 Å². The molecule has 3 rings (SSSR count). The van der Waals surface area contributed by atoms with Gasteiger partial charge in [-0.15, -0.1) is 0 Å². The third kappa shape index (κ3) is 8.55. The molecule has 0 saturated heterocycles. The van der Waals surface area contributed by atoms with Gasteiger partial charge in [-0.25, -0.2) is 4.79 Å². The van der Waals surface area contributed by atoms with Crippen LogP contribution in [0.4, 0.5) is 23.8 Å². The number of alkyl carbamates (subject to hydrolysis) is 1. The predicted octanol–water partition coefficient (Wildman–Crippen LogP) is 4.75. The van der Waals surface area contributed by atoms with Crippen molar-refractivity contribution in [3.8, 4) is 0 Å². The molecular weight excluding hydrogens is 529 g/mol. The number of nitrogens with zero attached hydrogens (tertiary/aromatic N) is 3. The van der Waals surface area contributed by atoms with Gasteiger partial charge in [0.05, 0.1) is 24.0 Å². The average Bonchev–Trinajstić information content (AvgIpc) is 3.57. The lowest BCUT2D eigenvalue weighted by Crippen LogP contribution is -2.49. The maximum atomic E-state index is 12.9. The summed E-state index contributed by atoms with van der Waals surface area (Å²) in [6.45, 7) is 8.32. The predicted molar refractivity (Wildman–Crippen MR) is 143 cm³/mol. The molecule has 10 nitrogen and oxygen atoms in total. The van der Waals surface area contributed by atoms with Crippen molar-refractivity contribution in [2.75, 3.05) is 18.4 Å². The number of aromatic nitrogens is 2. The number of nitrogens with one attached hydrogen (secondary N) is 3. The van der Waals surface area contributed by atoms with Crippen LogP contribution >= 0.6 is 0 Å². The number of carbonyl (C=O) groups is 3. The van der Waals surface area contributed by atoms with Crippen LogP contribution < -0.4 is 10.6 Å². The van der Waals surface area contributed by atoms with Gasteiger partial charge in [0, 0.05) is 24.4 Å². The van der Waals surface area contributed by atoms with Crippen molar-refractivity contribution in [2.45, 2.75) is 71.7 Å². The summed E-state index contributed by atoms with van der Waals surface area (Å²) in [5, 5.41) is 17.5. The Bertz CT molecular complexity index is 1190. The average molecular weight is 565 g/mol. The van der Waals surface area contributed by atoms with E-state index in [1.165, 1.54) is 24.4 Å². The second kappa shape index (κ2) is 13.0. The molecule has 2 amide bonds. The second-order valence-corrected chi connectivity index (χ2v) is 10.7. The zero-order chi connectivity index (χ0) is 29.5. The van der Waals surface area contributed by atoms with Crippen LogP contribution in [0.25, 0.3) is 0 Å². The maximum Gasteiger partial charge on any atom is 0.416 e. The molecule has 0 bridgehead atoms. The first-order chi connectivity index (χ1) is 18.8. The van der Waals surface area contributed by atoms with E-state index in [9.17, 15) is 27.6 Å². The molecule has 0 fully saturated rings. The van der Waals surface area contributed by atoms with Crippen LogP contribution in [0.3, 0.4) is 0 Å². The van der Waals surface area contributed by atoms with Crippen LogP contribution in [0.2, 0.25) is 0 Å². The lowest BCUT2D eigenvalue weighted by atomic mass is 9.89. The maximum absolute atomic E-state index is 12.9. The number of ketones is 1. The van der Waals surface area contributed by atoms with E-state index in [2.05, 4.69) is 25.9 Å². The van der Waals surface area contributed by atoms with E-state index >= 15 is 0 Å². The zero-order valence-corrected chi connectivity index (χ0v) is 23.0. The van der Waals surface area contributed by atoms with Crippen molar-refractivity contribution in [3.05, 3.63) is 47.7 Å². The number of hydrogen-bond donors (Lipinski definition) is 3.